The van der Waals surface area contributed by atoms with Gasteiger partial charge in [0.25, 0.3) is 10.0 Å². The van der Waals surface area contributed by atoms with Crippen molar-refractivity contribution in [2.24, 2.45) is 0 Å². The van der Waals surface area contributed by atoms with E-state index in [9.17, 15) is 13.2 Å². The Balaban J connectivity index is 1.89. The number of nitrogens with zero attached hydrogens (tertiary/aromatic N) is 2. The van der Waals surface area contributed by atoms with Crippen molar-refractivity contribution in [2.45, 2.75) is 30.1 Å². The van der Waals surface area contributed by atoms with Gasteiger partial charge in [-0.25, -0.2) is 17.1 Å². The van der Waals surface area contributed by atoms with Gasteiger partial charge in [0.1, 0.15) is 0 Å². The fourth-order valence-electron chi connectivity index (χ4n) is 3.97. The summed E-state index contributed by atoms with van der Waals surface area (Å²) in [5.74, 6) is -0.727. The maximum atomic E-state index is 15.9. The quantitative estimate of drug-likeness (QED) is 0.826. The van der Waals surface area contributed by atoms with E-state index in [1.807, 2.05) is 13.0 Å². The molecule has 2 atom stereocenters. The fourth-order valence-corrected chi connectivity index (χ4v) is 5.60. The Morgan fingerprint density at radius 2 is 1.80 bits per heavy atom. The molecule has 1 amide bonds. The van der Waals surface area contributed by atoms with E-state index in [0.29, 0.717) is 15.6 Å². The van der Waals surface area contributed by atoms with Crippen LogP contribution < -0.4 is 4.90 Å². The van der Waals surface area contributed by atoms with Gasteiger partial charge in [-0.2, -0.15) is 0 Å². The molecule has 0 aromatic heterocycles. The number of fused-ring (bicyclic) bond motifs is 3. The van der Waals surface area contributed by atoms with Crippen molar-refractivity contribution < 1.29 is 17.6 Å². The van der Waals surface area contributed by atoms with Crippen LogP contribution in [0.25, 0.3) is 0 Å². The van der Waals surface area contributed by atoms with E-state index in [2.05, 4.69) is 0 Å². The Kier molecular flexibility index (Phi) is 3.25. The first-order valence-corrected chi connectivity index (χ1v) is 9.36. The summed E-state index contributed by atoms with van der Waals surface area (Å²) in [4.78, 5) is 14.1. The summed E-state index contributed by atoms with van der Waals surface area (Å²) in [6.45, 7) is 1.84. The lowest BCUT2D eigenvalue weighted by atomic mass is 9.94. The van der Waals surface area contributed by atoms with Crippen molar-refractivity contribution >= 4 is 21.6 Å². The summed E-state index contributed by atoms with van der Waals surface area (Å²) in [5, 5.41) is 0. The lowest BCUT2D eigenvalue weighted by Gasteiger charge is -2.32. The second kappa shape index (κ2) is 5.05. The predicted molar refractivity (Wildman–Crippen MR) is 91.2 cm³/mol. The van der Waals surface area contributed by atoms with Crippen LogP contribution in [-0.4, -0.2) is 31.8 Å². The molecular weight excluding hydrogens is 343 g/mol. The van der Waals surface area contributed by atoms with Gasteiger partial charge in [0.2, 0.25) is 5.91 Å². The Labute approximate surface area is 145 Å². The molecule has 0 saturated carbocycles. The zero-order valence-corrected chi connectivity index (χ0v) is 14.6. The summed E-state index contributed by atoms with van der Waals surface area (Å²) in [6, 6.07) is 12.9. The van der Waals surface area contributed by atoms with Crippen LogP contribution in [0.2, 0.25) is 0 Å². The van der Waals surface area contributed by atoms with E-state index in [-0.39, 0.29) is 4.90 Å². The second-order valence-corrected chi connectivity index (χ2v) is 8.32. The lowest BCUT2D eigenvalue weighted by molar-refractivity contribution is -0.124. The van der Waals surface area contributed by atoms with Crippen LogP contribution in [0.4, 0.5) is 10.1 Å². The van der Waals surface area contributed by atoms with E-state index in [4.69, 9.17) is 0 Å². The summed E-state index contributed by atoms with van der Waals surface area (Å²) in [5.41, 5.74) is -0.180. The second-order valence-electron chi connectivity index (χ2n) is 6.50. The molecular formula is C18H17FN2O3S. The van der Waals surface area contributed by atoms with Crippen molar-refractivity contribution in [1.29, 1.82) is 0 Å². The molecule has 2 aromatic carbocycles. The number of carbonyl (C=O) groups is 1. The Hall–Kier alpha value is -2.41. The normalized spacial score (nSPS) is 25.2. The number of likely N-dealkylation sites (N-methyl/N-ethyl adjacent to an activating group) is 1. The molecule has 2 heterocycles. The number of amides is 1. The molecule has 0 radical (unpaired) electrons. The number of alkyl halides is 1. The van der Waals surface area contributed by atoms with Crippen molar-refractivity contribution in [1.82, 2.24) is 4.31 Å². The van der Waals surface area contributed by atoms with Crippen molar-refractivity contribution in [3.63, 3.8) is 0 Å². The lowest BCUT2D eigenvalue weighted by Crippen LogP contribution is -2.50. The zero-order valence-electron chi connectivity index (χ0n) is 13.8. The number of rotatable bonds is 2. The Bertz CT molecular complexity index is 977. The van der Waals surface area contributed by atoms with Crippen molar-refractivity contribution in [2.75, 3.05) is 11.9 Å². The number of hydrogen-bond acceptors (Lipinski definition) is 4. The Morgan fingerprint density at radius 3 is 2.48 bits per heavy atom. The molecule has 130 valence electrons. The maximum Gasteiger partial charge on any atom is 0.268 e. The standard InChI is InChI=1S/C18H17FN2O3S/c1-12-7-6-10-14-16(12)20(2)17-18(14,19)11-15(22)21(17)25(23,24)13-8-4-3-5-9-13/h3-10,17H,11H2,1-2H3/t17-,18+/m0/s1. The average Bonchev–Trinajstić information content (AvgIpc) is 2.97. The molecule has 5 nitrogen and oxygen atoms in total. The third kappa shape index (κ3) is 1.99. The zero-order chi connectivity index (χ0) is 18.0. The van der Waals surface area contributed by atoms with Crippen molar-refractivity contribution in [3.8, 4) is 0 Å². The molecule has 25 heavy (non-hydrogen) atoms. The minimum absolute atomic E-state index is 0.0197. The van der Waals surface area contributed by atoms with Gasteiger partial charge in [-0.1, -0.05) is 36.4 Å². The van der Waals surface area contributed by atoms with Gasteiger partial charge in [0.05, 0.1) is 11.3 Å². The highest BCUT2D eigenvalue weighted by atomic mass is 32.2. The van der Waals surface area contributed by atoms with Crippen LogP contribution in [0, 0.1) is 6.92 Å². The van der Waals surface area contributed by atoms with Crippen LogP contribution in [-0.2, 0) is 20.5 Å². The van der Waals surface area contributed by atoms with Gasteiger partial charge in [0.15, 0.2) is 11.8 Å². The summed E-state index contributed by atoms with van der Waals surface area (Å²) in [6.07, 6.45) is -1.69. The summed E-state index contributed by atoms with van der Waals surface area (Å²) < 4.78 is 42.7. The van der Waals surface area contributed by atoms with Crippen LogP contribution in [0.15, 0.2) is 53.4 Å². The number of carbonyl (C=O) groups excluding carboxylic acids is 1. The van der Waals surface area contributed by atoms with E-state index in [1.165, 1.54) is 12.1 Å². The highest BCUT2D eigenvalue weighted by molar-refractivity contribution is 7.89. The molecule has 0 spiro atoms. The Morgan fingerprint density at radius 1 is 1.12 bits per heavy atom. The minimum atomic E-state index is -4.14. The number of anilines is 1. The molecule has 1 saturated heterocycles. The van der Waals surface area contributed by atoms with E-state index in [0.717, 1.165) is 5.56 Å². The molecule has 2 aliphatic rings. The molecule has 0 bridgehead atoms. The number of benzene rings is 2. The van der Waals surface area contributed by atoms with Gasteiger partial charge < -0.3 is 4.90 Å². The van der Waals surface area contributed by atoms with Crippen LogP contribution in [0.5, 0.6) is 0 Å². The number of hydrogen-bond donors (Lipinski definition) is 0. The van der Waals surface area contributed by atoms with E-state index < -0.39 is 34.2 Å². The van der Waals surface area contributed by atoms with E-state index in [1.54, 1.807) is 42.3 Å². The smallest absolute Gasteiger partial charge is 0.268 e. The van der Waals surface area contributed by atoms with Gasteiger partial charge in [-0.05, 0) is 24.6 Å². The molecule has 2 aromatic rings. The van der Waals surface area contributed by atoms with Gasteiger partial charge in [-0.15, -0.1) is 0 Å². The van der Waals surface area contributed by atoms with Crippen LogP contribution >= 0.6 is 0 Å². The van der Waals surface area contributed by atoms with Crippen molar-refractivity contribution in [3.05, 3.63) is 59.7 Å². The van der Waals surface area contributed by atoms with Crippen LogP contribution in [0.1, 0.15) is 17.5 Å². The molecule has 0 unspecified atom stereocenters. The van der Waals surface area contributed by atoms with Gasteiger partial charge in [-0.3, -0.25) is 4.79 Å². The SMILES string of the molecule is Cc1cccc2c1N(C)[C@H]1N(S(=O)(=O)c3ccccc3)C(=O)C[C@@]21F. The first-order valence-electron chi connectivity index (χ1n) is 7.92. The minimum Gasteiger partial charge on any atom is -0.350 e. The highest BCUT2D eigenvalue weighted by Crippen LogP contribution is 2.55. The van der Waals surface area contributed by atoms with Gasteiger partial charge >= 0.3 is 0 Å². The third-order valence-corrected chi connectivity index (χ3v) is 6.78. The number of para-hydroxylation sites is 1. The van der Waals surface area contributed by atoms with Crippen LogP contribution in [0.3, 0.4) is 0 Å². The largest absolute Gasteiger partial charge is 0.350 e. The average molecular weight is 360 g/mol. The molecule has 0 N–H and O–H groups in total. The summed E-state index contributed by atoms with van der Waals surface area (Å²) >= 11 is 0. The number of halogens is 1. The predicted octanol–water partition coefficient (Wildman–Crippen LogP) is 2.56. The highest BCUT2D eigenvalue weighted by Gasteiger charge is 2.64. The molecule has 1 fully saturated rings. The first-order chi connectivity index (χ1) is 11.8. The third-order valence-electron chi connectivity index (χ3n) is 4.99. The fraction of sp³-hybridized carbons (Fsp3) is 0.278. The molecule has 4 rings (SSSR count). The molecule has 0 aliphatic carbocycles. The number of aryl methyl sites for hydroxylation is 1. The van der Waals surface area contributed by atoms with Gasteiger partial charge in [0, 0.05) is 18.3 Å². The monoisotopic (exact) mass is 360 g/mol. The molecule has 7 heteroatoms. The first kappa shape index (κ1) is 16.1. The maximum absolute atomic E-state index is 15.9. The summed E-state index contributed by atoms with van der Waals surface area (Å²) in [7, 11) is -2.51. The topological polar surface area (TPSA) is 57.7 Å². The van der Waals surface area contributed by atoms with E-state index >= 15 is 4.39 Å². The molecule has 2 aliphatic heterocycles. The number of sulfonamides is 1.